The minimum Gasteiger partial charge on any atom is -0.593 e. The van der Waals surface area contributed by atoms with Crippen LogP contribution >= 0.6 is 0 Å². The standard InChI is InChI=1S/C24H22F4N2O3S/c1-30(34(32)22-9-7-20(25)8-10-22)15-23(31)29-14-16-11-18(13-21(12-16)33-2)17-3-5-19(6-4-17)24(26,27)28/h3-13H,14-15H2,1-2H3,(H,29,31). The summed E-state index contributed by atoms with van der Waals surface area (Å²) in [5.74, 6) is -0.358. The minimum absolute atomic E-state index is 0.126. The van der Waals surface area contributed by atoms with Crippen LogP contribution in [-0.2, 0) is 28.9 Å². The lowest BCUT2D eigenvalue weighted by Gasteiger charge is -2.19. The average molecular weight is 495 g/mol. The van der Waals surface area contributed by atoms with E-state index in [0.717, 1.165) is 12.1 Å². The van der Waals surface area contributed by atoms with E-state index in [4.69, 9.17) is 4.74 Å². The smallest absolute Gasteiger partial charge is 0.416 e. The Kier molecular flexibility index (Phi) is 8.19. The Hall–Kier alpha value is -3.08. The number of nitrogens with zero attached hydrogens (tertiary/aromatic N) is 1. The Morgan fingerprint density at radius 2 is 1.68 bits per heavy atom. The molecule has 3 aromatic carbocycles. The van der Waals surface area contributed by atoms with Crippen molar-refractivity contribution in [2.75, 3.05) is 20.7 Å². The van der Waals surface area contributed by atoms with Gasteiger partial charge in [-0.05, 0) is 71.3 Å². The van der Waals surface area contributed by atoms with Crippen LogP contribution < -0.4 is 10.1 Å². The molecule has 0 aliphatic carbocycles. The second-order valence-corrected chi connectivity index (χ2v) is 9.00. The van der Waals surface area contributed by atoms with Crippen molar-refractivity contribution >= 4 is 17.3 Å². The van der Waals surface area contributed by atoms with Gasteiger partial charge in [0, 0.05) is 13.6 Å². The van der Waals surface area contributed by atoms with Crippen LogP contribution in [0.25, 0.3) is 11.1 Å². The molecule has 0 saturated carbocycles. The first-order valence-corrected chi connectivity index (χ1v) is 11.2. The SMILES string of the molecule is COc1cc(CNC(=O)CN(C)[S+]([O-])c2ccc(F)cc2)cc(-c2ccc(C(F)(F)F)cc2)c1. The second kappa shape index (κ2) is 10.9. The van der Waals surface area contributed by atoms with E-state index in [-0.39, 0.29) is 13.1 Å². The lowest BCUT2D eigenvalue weighted by Crippen LogP contribution is -2.38. The van der Waals surface area contributed by atoms with Gasteiger partial charge in [0.25, 0.3) is 0 Å². The molecule has 0 aliphatic rings. The second-order valence-electron chi connectivity index (χ2n) is 7.41. The first-order chi connectivity index (χ1) is 16.1. The highest BCUT2D eigenvalue weighted by molar-refractivity contribution is 7.89. The number of hydrogen-bond donors (Lipinski definition) is 1. The zero-order valence-corrected chi connectivity index (χ0v) is 19.2. The Labute approximate surface area is 197 Å². The van der Waals surface area contributed by atoms with E-state index in [1.54, 1.807) is 18.2 Å². The zero-order chi connectivity index (χ0) is 24.9. The van der Waals surface area contributed by atoms with Gasteiger partial charge in [-0.2, -0.15) is 13.2 Å². The molecule has 0 spiro atoms. The fraction of sp³-hybridized carbons (Fsp3) is 0.208. The molecule has 1 unspecified atom stereocenters. The molecule has 0 bridgehead atoms. The predicted molar refractivity (Wildman–Crippen MR) is 121 cm³/mol. The summed E-state index contributed by atoms with van der Waals surface area (Å²) in [5, 5.41) is 2.72. The van der Waals surface area contributed by atoms with Crippen molar-refractivity contribution in [3.05, 3.63) is 83.7 Å². The van der Waals surface area contributed by atoms with Crippen LogP contribution in [0.2, 0.25) is 0 Å². The van der Waals surface area contributed by atoms with Gasteiger partial charge in [0.2, 0.25) is 5.91 Å². The first-order valence-electron chi connectivity index (χ1n) is 10.1. The molecule has 3 rings (SSSR count). The monoisotopic (exact) mass is 494 g/mol. The van der Waals surface area contributed by atoms with Crippen molar-refractivity contribution in [3.8, 4) is 16.9 Å². The number of ether oxygens (including phenoxy) is 1. The molecular weight excluding hydrogens is 472 g/mol. The third-order valence-electron chi connectivity index (χ3n) is 4.90. The predicted octanol–water partition coefficient (Wildman–Crippen LogP) is 4.79. The number of carbonyl (C=O) groups excluding carboxylic acids is 1. The van der Waals surface area contributed by atoms with Gasteiger partial charge in [0.15, 0.2) is 4.90 Å². The molecule has 5 nitrogen and oxygen atoms in total. The number of methoxy groups -OCH3 is 1. The van der Waals surface area contributed by atoms with Crippen molar-refractivity contribution in [2.24, 2.45) is 0 Å². The summed E-state index contributed by atoms with van der Waals surface area (Å²) in [5.41, 5.74) is 1.12. The van der Waals surface area contributed by atoms with Gasteiger partial charge >= 0.3 is 6.18 Å². The zero-order valence-electron chi connectivity index (χ0n) is 18.4. The number of benzene rings is 3. The summed E-state index contributed by atoms with van der Waals surface area (Å²) in [4.78, 5) is 12.7. The van der Waals surface area contributed by atoms with Crippen LogP contribution in [-0.4, -0.2) is 35.5 Å². The molecular formula is C24H22F4N2O3S. The van der Waals surface area contributed by atoms with Crippen LogP contribution in [0.15, 0.2) is 71.6 Å². The maximum atomic E-state index is 13.0. The number of carbonyl (C=O) groups is 1. The number of hydrogen-bond acceptors (Lipinski definition) is 4. The number of amides is 1. The summed E-state index contributed by atoms with van der Waals surface area (Å²) < 4.78 is 70.6. The maximum absolute atomic E-state index is 13.0. The van der Waals surface area contributed by atoms with Crippen molar-refractivity contribution in [1.82, 2.24) is 9.62 Å². The molecule has 0 fully saturated rings. The van der Waals surface area contributed by atoms with Crippen molar-refractivity contribution < 1.29 is 31.6 Å². The number of alkyl halides is 3. The molecule has 180 valence electrons. The molecule has 1 atom stereocenters. The highest BCUT2D eigenvalue weighted by Gasteiger charge is 2.30. The van der Waals surface area contributed by atoms with E-state index in [9.17, 15) is 26.9 Å². The van der Waals surface area contributed by atoms with Crippen LogP contribution in [0.4, 0.5) is 17.6 Å². The Morgan fingerprint density at radius 3 is 2.26 bits per heavy atom. The van der Waals surface area contributed by atoms with Crippen LogP contribution in [0.1, 0.15) is 11.1 Å². The number of halogens is 4. The molecule has 1 N–H and O–H groups in total. The van der Waals surface area contributed by atoms with Gasteiger partial charge in [-0.1, -0.05) is 12.1 Å². The van der Waals surface area contributed by atoms with Gasteiger partial charge in [0.1, 0.15) is 18.1 Å². The number of rotatable bonds is 8. The van der Waals surface area contributed by atoms with Crippen molar-refractivity contribution in [3.63, 3.8) is 0 Å². The molecule has 0 heterocycles. The Bertz CT molecular complexity index is 1120. The summed E-state index contributed by atoms with van der Waals surface area (Å²) in [6, 6.07) is 15.1. The summed E-state index contributed by atoms with van der Waals surface area (Å²) in [7, 11) is 2.97. The van der Waals surface area contributed by atoms with Crippen LogP contribution in [0.5, 0.6) is 5.75 Å². The molecule has 10 heteroatoms. The van der Waals surface area contributed by atoms with Gasteiger partial charge in [0.05, 0.1) is 24.0 Å². The third-order valence-corrected chi connectivity index (χ3v) is 6.27. The van der Waals surface area contributed by atoms with Gasteiger partial charge in [-0.25, -0.2) is 4.39 Å². The van der Waals surface area contributed by atoms with E-state index < -0.39 is 34.8 Å². The highest BCUT2D eigenvalue weighted by Crippen LogP contribution is 2.32. The topological polar surface area (TPSA) is 64.6 Å². The number of nitrogens with one attached hydrogen (secondary N) is 1. The molecule has 34 heavy (non-hydrogen) atoms. The quantitative estimate of drug-likeness (QED) is 0.361. The fourth-order valence-electron chi connectivity index (χ4n) is 3.15. The molecule has 0 saturated heterocycles. The normalized spacial score (nSPS) is 12.5. The van der Waals surface area contributed by atoms with Crippen LogP contribution in [0.3, 0.4) is 0 Å². The Balaban J connectivity index is 1.66. The van der Waals surface area contributed by atoms with E-state index in [0.29, 0.717) is 27.3 Å². The largest absolute Gasteiger partial charge is 0.593 e. The molecule has 0 radical (unpaired) electrons. The lowest BCUT2D eigenvalue weighted by atomic mass is 10.0. The van der Waals surface area contributed by atoms with Crippen LogP contribution in [0, 0.1) is 5.82 Å². The van der Waals surface area contributed by atoms with Gasteiger partial charge in [-0.3, -0.25) is 4.79 Å². The molecule has 0 aliphatic heterocycles. The Morgan fingerprint density at radius 1 is 1.03 bits per heavy atom. The maximum Gasteiger partial charge on any atom is 0.416 e. The van der Waals surface area contributed by atoms with E-state index in [2.05, 4.69) is 5.32 Å². The molecule has 0 aromatic heterocycles. The third kappa shape index (κ3) is 6.72. The summed E-state index contributed by atoms with van der Waals surface area (Å²) in [6.07, 6.45) is -4.42. The molecule has 1 amide bonds. The number of likely N-dealkylation sites (N-methyl/N-ethyl adjacent to an activating group) is 1. The van der Waals surface area contributed by atoms with Gasteiger partial charge in [-0.15, -0.1) is 4.31 Å². The van der Waals surface area contributed by atoms with E-state index in [1.165, 1.54) is 54.9 Å². The summed E-state index contributed by atoms with van der Waals surface area (Å²) >= 11 is -1.64. The minimum atomic E-state index is -4.42. The molecule has 3 aromatic rings. The first kappa shape index (κ1) is 25.5. The lowest BCUT2D eigenvalue weighted by molar-refractivity contribution is -0.137. The van der Waals surface area contributed by atoms with E-state index >= 15 is 0 Å². The van der Waals surface area contributed by atoms with Crippen molar-refractivity contribution in [1.29, 1.82) is 0 Å². The van der Waals surface area contributed by atoms with E-state index in [1.807, 2.05) is 0 Å². The van der Waals surface area contributed by atoms with Crippen molar-refractivity contribution in [2.45, 2.75) is 17.6 Å². The summed E-state index contributed by atoms with van der Waals surface area (Å²) in [6.45, 7) is -0.0413. The fourth-order valence-corrected chi connectivity index (χ4v) is 4.11. The highest BCUT2D eigenvalue weighted by atomic mass is 32.2. The van der Waals surface area contributed by atoms with Gasteiger partial charge < -0.3 is 14.6 Å². The average Bonchev–Trinajstić information content (AvgIpc) is 2.82.